The van der Waals surface area contributed by atoms with Gasteiger partial charge < -0.3 is 0 Å². The smallest absolute Gasteiger partial charge is 0.299 e. The van der Waals surface area contributed by atoms with Gasteiger partial charge in [0.1, 0.15) is 0 Å². The first-order valence-electron chi connectivity index (χ1n) is 6.26. The summed E-state index contributed by atoms with van der Waals surface area (Å²) in [6.07, 6.45) is 2.26. The average molecular weight is 252 g/mol. The highest BCUT2D eigenvalue weighted by molar-refractivity contribution is 5.36. The number of nitrogens with zero attached hydrogens (tertiary/aromatic N) is 2. The molecule has 0 spiro atoms. The van der Waals surface area contributed by atoms with Crippen LogP contribution >= 0.6 is 0 Å². The molecule has 1 atom stereocenters. The van der Waals surface area contributed by atoms with Gasteiger partial charge in [0.15, 0.2) is 0 Å². The number of hydrogen-bond acceptors (Lipinski definition) is 3. The third kappa shape index (κ3) is 2.67. The molecule has 1 aliphatic heterocycles. The molecule has 0 N–H and O–H groups in total. The molecule has 2 rings (SSSR count). The lowest BCUT2D eigenvalue weighted by Gasteiger charge is -2.16. The van der Waals surface area contributed by atoms with Crippen LogP contribution in [0.4, 0.5) is 10.1 Å². The molecule has 0 amide bonds. The number of benzene rings is 1. The zero-order valence-electron chi connectivity index (χ0n) is 10.4. The standard InChI is InChI=1S/C13H17FN2O2/c1-2-10-6-7-15(8-10)9-11-4-3-5-12(13(11)14)16(17)18/h3-5,10H,2,6-9H2,1H3. The van der Waals surface area contributed by atoms with Crippen molar-refractivity contribution in [2.45, 2.75) is 26.3 Å². The molecule has 98 valence electrons. The Hall–Kier alpha value is -1.49. The number of nitro benzene ring substituents is 1. The monoisotopic (exact) mass is 252 g/mol. The van der Waals surface area contributed by atoms with Crippen LogP contribution in [0.5, 0.6) is 0 Å². The number of hydrogen-bond donors (Lipinski definition) is 0. The molecule has 5 heteroatoms. The summed E-state index contributed by atoms with van der Waals surface area (Å²) in [7, 11) is 0. The highest BCUT2D eigenvalue weighted by Crippen LogP contribution is 2.25. The van der Waals surface area contributed by atoms with Gasteiger partial charge in [-0.25, -0.2) is 0 Å². The highest BCUT2D eigenvalue weighted by Gasteiger charge is 2.24. The summed E-state index contributed by atoms with van der Waals surface area (Å²) in [6, 6.07) is 4.38. The van der Waals surface area contributed by atoms with Crippen molar-refractivity contribution >= 4 is 5.69 Å². The van der Waals surface area contributed by atoms with Gasteiger partial charge in [-0.05, 0) is 18.9 Å². The van der Waals surface area contributed by atoms with Crippen LogP contribution in [-0.2, 0) is 6.54 Å². The first kappa shape index (κ1) is 13.0. The number of likely N-dealkylation sites (tertiary alicyclic amines) is 1. The fourth-order valence-corrected chi connectivity index (χ4v) is 2.46. The van der Waals surface area contributed by atoms with E-state index in [2.05, 4.69) is 11.8 Å². The van der Waals surface area contributed by atoms with Gasteiger partial charge in [-0.3, -0.25) is 15.0 Å². The first-order valence-corrected chi connectivity index (χ1v) is 6.26. The second kappa shape index (κ2) is 5.44. The van der Waals surface area contributed by atoms with Gasteiger partial charge >= 0.3 is 5.69 Å². The van der Waals surface area contributed by atoms with Gasteiger partial charge in [0.2, 0.25) is 5.82 Å². The molecule has 1 saturated heterocycles. The van der Waals surface area contributed by atoms with Crippen molar-refractivity contribution in [3.63, 3.8) is 0 Å². The Balaban J connectivity index is 2.10. The van der Waals surface area contributed by atoms with E-state index in [1.165, 1.54) is 6.07 Å². The van der Waals surface area contributed by atoms with E-state index >= 15 is 0 Å². The second-order valence-corrected chi connectivity index (χ2v) is 4.81. The van der Waals surface area contributed by atoms with E-state index in [0.29, 0.717) is 18.0 Å². The molecule has 0 saturated carbocycles. The fraction of sp³-hybridized carbons (Fsp3) is 0.538. The molecule has 0 radical (unpaired) electrons. The third-order valence-corrected chi connectivity index (χ3v) is 3.60. The van der Waals surface area contributed by atoms with Crippen molar-refractivity contribution in [1.29, 1.82) is 0 Å². The van der Waals surface area contributed by atoms with Crippen molar-refractivity contribution in [1.82, 2.24) is 4.90 Å². The molecule has 1 unspecified atom stereocenters. The minimum absolute atomic E-state index is 0.418. The van der Waals surface area contributed by atoms with Crippen molar-refractivity contribution in [2.75, 3.05) is 13.1 Å². The lowest BCUT2D eigenvalue weighted by Crippen LogP contribution is -2.20. The third-order valence-electron chi connectivity index (χ3n) is 3.60. The summed E-state index contributed by atoms with van der Waals surface area (Å²) in [4.78, 5) is 12.2. The van der Waals surface area contributed by atoms with Gasteiger partial charge in [-0.15, -0.1) is 0 Å². The number of nitro groups is 1. The Morgan fingerprint density at radius 1 is 1.56 bits per heavy atom. The van der Waals surface area contributed by atoms with E-state index in [4.69, 9.17) is 0 Å². The molecule has 1 aromatic carbocycles. The van der Waals surface area contributed by atoms with Crippen LogP contribution in [0.25, 0.3) is 0 Å². The Bertz CT molecular complexity index is 451. The molecule has 1 aromatic rings. The lowest BCUT2D eigenvalue weighted by molar-refractivity contribution is -0.387. The Morgan fingerprint density at radius 2 is 2.33 bits per heavy atom. The molecular weight excluding hydrogens is 235 g/mol. The maximum atomic E-state index is 13.9. The van der Waals surface area contributed by atoms with E-state index in [1.54, 1.807) is 12.1 Å². The number of halogens is 1. The van der Waals surface area contributed by atoms with Crippen molar-refractivity contribution in [2.24, 2.45) is 5.92 Å². The van der Waals surface area contributed by atoms with Gasteiger partial charge in [-0.1, -0.05) is 25.5 Å². The summed E-state index contributed by atoms with van der Waals surface area (Å²) in [5.41, 5.74) is -0.0142. The minimum atomic E-state index is -0.692. The molecule has 0 aliphatic carbocycles. The van der Waals surface area contributed by atoms with Crippen LogP contribution in [0.2, 0.25) is 0 Å². The van der Waals surface area contributed by atoms with E-state index in [9.17, 15) is 14.5 Å². The first-order chi connectivity index (χ1) is 8.61. The van der Waals surface area contributed by atoms with Crippen molar-refractivity contribution in [3.05, 3.63) is 39.7 Å². The van der Waals surface area contributed by atoms with Crippen LogP contribution in [0.3, 0.4) is 0 Å². The quantitative estimate of drug-likeness (QED) is 0.611. The number of rotatable bonds is 4. The van der Waals surface area contributed by atoms with E-state index in [1.807, 2.05) is 0 Å². The Kier molecular flexibility index (Phi) is 3.91. The predicted molar refractivity (Wildman–Crippen MR) is 66.7 cm³/mol. The normalized spacial score (nSPS) is 20.2. The van der Waals surface area contributed by atoms with Crippen LogP contribution in [0.15, 0.2) is 18.2 Å². The van der Waals surface area contributed by atoms with Gasteiger partial charge in [0, 0.05) is 24.7 Å². The van der Waals surface area contributed by atoms with Crippen LogP contribution in [0, 0.1) is 21.8 Å². The van der Waals surface area contributed by atoms with E-state index in [-0.39, 0.29) is 0 Å². The van der Waals surface area contributed by atoms with Gasteiger partial charge in [0.25, 0.3) is 0 Å². The molecule has 0 aromatic heterocycles. The summed E-state index contributed by atoms with van der Waals surface area (Å²) >= 11 is 0. The summed E-state index contributed by atoms with van der Waals surface area (Å²) in [5.74, 6) is -0.0193. The van der Waals surface area contributed by atoms with E-state index in [0.717, 1.165) is 25.9 Å². The SMILES string of the molecule is CCC1CCN(Cc2cccc([N+](=O)[O-])c2F)C1. The second-order valence-electron chi connectivity index (χ2n) is 4.81. The summed E-state index contributed by atoms with van der Waals surface area (Å²) in [5, 5.41) is 10.7. The lowest BCUT2D eigenvalue weighted by atomic mass is 10.1. The average Bonchev–Trinajstić information content (AvgIpc) is 2.79. The molecular formula is C13H17FN2O2. The fourth-order valence-electron chi connectivity index (χ4n) is 2.46. The van der Waals surface area contributed by atoms with Gasteiger partial charge in [-0.2, -0.15) is 4.39 Å². The van der Waals surface area contributed by atoms with Crippen LogP contribution < -0.4 is 0 Å². The maximum Gasteiger partial charge on any atom is 0.305 e. The largest absolute Gasteiger partial charge is 0.305 e. The maximum absolute atomic E-state index is 13.9. The topological polar surface area (TPSA) is 46.4 Å². The van der Waals surface area contributed by atoms with Gasteiger partial charge in [0.05, 0.1) is 4.92 Å². The predicted octanol–water partition coefficient (Wildman–Crippen LogP) is 2.97. The summed E-state index contributed by atoms with van der Waals surface area (Å²) in [6.45, 7) is 4.52. The summed E-state index contributed by atoms with van der Waals surface area (Å²) < 4.78 is 13.9. The Labute approximate surface area is 106 Å². The zero-order chi connectivity index (χ0) is 13.1. The van der Waals surface area contributed by atoms with Crippen LogP contribution in [-0.4, -0.2) is 22.9 Å². The highest BCUT2D eigenvalue weighted by atomic mass is 19.1. The molecule has 1 aliphatic rings. The Morgan fingerprint density at radius 3 is 2.94 bits per heavy atom. The zero-order valence-corrected chi connectivity index (χ0v) is 10.4. The molecule has 4 nitrogen and oxygen atoms in total. The minimum Gasteiger partial charge on any atom is -0.299 e. The van der Waals surface area contributed by atoms with Crippen molar-refractivity contribution in [3.8, 4) is 0 Å². The van der Waals surface area contributed by atoms with E-state index < -0.39 is 16.4 Å². The molecule has 18 heavy (non-hydrogen) atoms. The van der Waals surface area contributed by atoms with Crippen LogP contribution in [0.1, 0.15) is 25.3 Å². The molecule has 0 bridgehead atoms. The molecule has 1 fully saturated rings. The molecule has 1 heterocycles. The van der Waals surface area contributed by atoms with Crippen molar-refractivity contribution < 1.29 is 9.31 Å².